The summed E-state index contributed by atoms with van der Waals surface area (Å²) in [5.41, 5.74) is 0. The summed E-state index contributed by atoms with van der Waals surface area (Å²) in [5, 5.41) is 0.106. The molecule has 1 aromatic rings. The van der Waals surface area contributed by atoms with Crippen molar-refractivity contribution in [2.45, 2.75) is 37.4 Å². The molecule has 1 aromatic heterocycles. The molecule has 0 aromatic carbocycles. The minimum absolute atomic E-state index is 0.179. The van der Waals surface area contributed by atoms with E-state index in [1.807, 2.05) is 0 Å². The molecule has 0 atom stereocenters. The molecular formula is C14H20ClN3O3S. The molecule has 8 heteroatoms. The first-order chi connectivity index (χ1) is 10.6. The molecule has 1 saturated heterocycles. The van der Waals surface area contributed by atoms with Gasteiger partial charge in [0.15, 0.2) is 5.15 Å². The van der Waals surface area contributed by atoms with Gasteiger partial charge in [0.1, 0.15) is 0 Å². The Bertz CT molecular complexity index is 614. The van der Waals surface area contributed by atoms with E-state index in [4.69, 9.17) is 16.3 Å². The highest BCUT2D eigenvalue weighted by Crippen LogP contribution is 2.30. The smallest absolute Gasteiger partial charge is 0.233 e. The zero-order valence-electron chi connectivity index (χ0n) is 12.3. The van der Waals surface area contributed by atoms with Gasteiger partial charge in [0.05, 0.1) is 24.3 Å². The van der Waals surface area contributed by atoms with Gasteiger partial charge in [-0.15, -0.1) is 0 Å². The van der Waals surface area contributed by atoms with Crippen LogP contribution in [0.5, 0.6) is 5.88 Å². The van der Waals surface area contributed by atoms with Crippen LogP contribution in [0, 0.1) is 5.92 Å². The lowest BCUT2D eigenvalue weighted by Gasteiger charge is -2.40. The van der Waals surface area contributed by atoms with Gasteiger partial charge in [-0.1, -0.05) is 30.9 Å². The summed E-state index contributed by atoms with van der Waals surface area (Å²) < 4.78 is 32.1. The van der Waals surface area contributed by atoms with Gasteiger partial charge in [-0.3, -0.25) is 4.98 Å². The number of aromatic nitrogens is 2. The molecule has 0 amide bonds. The maximum absolute atomic E-state index is 12.5. The summed E-state index contributed by atoms with van der Waals surface area (Å²) in [7, 11) is -3.12. The van der Waals surface area contributed by atoms with E-state index in [1.165, 1.54) is 12.4 Å². The van der Waals surface area contributed by atoms with Crippen molar-refractivity contribution >= 4 is 21.6 Å². The van der Waals surface area contributed by atoms with Crippen molar-refractivity contribution in [2.24, 2.45) is 5.92 Å². The lowest BCUT2D eigenvalue weighted by Crippen LogP contribution is -2.54. The third-order valence-corrected chi connectivity index (χ3v) is 6.82. The van der Waals surface area contributed by atoms with Crippen LogP contribution in [0.3, 0.4) is 0 Å². The van der Waals surface area contributed by atoms with Gasteiger partial charge in [-0.05, 0) is 12.8 Å². The van der Waals surface area contributed by atoms with Crippen LogP contribution < -0.4 is 4.74 Å². The highest BCUT2D eigenvalue weighted by Gasteiger charge is 2.40. The van der Waals surface area contributed by atoms with E-state index >= 15 is 0 Å². The van der Waals surface area contributed by atoms with Crippen molar-refractivity contribution in [3.8, 4) is 5.88 Å². The predicted molar refractivity (Wildman–Crippen MR) is 83.4 cm³/mol. The standard InChI is InChI=1S/C14H20ClN3O3S/c15-13-6-16-7-14(17-13)21-10-11-8-18(9-11)22(19,20)12-4-2-1-3-5-12/h6-7,11-12H,1-5,8-10H2. The van der Waals surface area contributed by atoms with Crippen LogP contribution in [0.1, 0.15) is 32.1 Å². The number of rotatable bonds is 5. The van der Waals surface area contributed by atoms with Crippen LogP contribution in [0.25, 0.3) is 0 Å². The van der Waals surface area contributed by atoms with Crippen molar-refractivity contribution < 1.29 is 13.2 Å². The van der Waals surface area contributed by atoms with Crippen LogP contribution in [0.4, 0.5) is 0 Å². The van der Waals surface area contributed by atoms with Gasteiger partial charge in [0.25, 0.3) is 0 Å². The predicted octanol–water partition coefficient (Wildman–Crippen LogP) is 2.10. The zero-order valence-corrected chi connectivity index (χ0v) is 13.9. The minimum Gasteiger partial charge on any atom is -0.476 e. The topological polar surface area (TPSA) is 72.4 Å². The minimum atomic E-state index is -3.12. The van der Waals surface area contributed by atoms with Crippen LogP contribution in [0.2, 0.25) is 5.15 Å². The fraction of sp³-hybridized carbons (Fsp3) is 0.714. The highest BCUT2D eigenvalue weighted by atomic mass is 35.5. The van der Waals surface area contributed by atoms with Crippen LogP contribution in [-0.2, 0) is 10.0 Å². The van der Waals surface area contributed by atoms with E-state index in [0.29, 0.717) is 25.6 Å². The number of ether oxygens (including phenoxy) is 1. The third kappa shape index (κ3) is 3.52. The molecule has 22 heavy (non-hydrogen) atoms. The van der Waals surface area contributed by atoms with Crippen molar-refractivity contribution in [3.05, 3.63) is 17.5 Å². The normalized spacial score (nSPS) is 21.5. The fourth-order valence-electron chi connectivity index (χ4n) is 3.01. The molecule has 2 heterocycles. The molecule has 1 aliphatic heterocycles. The number of nitrogens with zero attached hydrogens (tertiary/aromatic N) is 3. The summed E-state index contributed by atoms with van der Waals surface area (Å²) >= 11 is 5.74. The van der Waals surface area contributed by atoms with Crippen molar-refractivity contribution in [3.63, 3.8) is 0 Å². The quantitative estimate of drug-likeness (QED) is 0.817. The van der Waals surface area contributed by atoms with Crippen LogP contribution >= 0.6 is 11.6 Å². The van der Waals surface area contributed by atoms with Crippen molar-refractivity contribution in [1.82, 2.24) is 14.3 Å². The SMILES string of the molecule is O=S(=O)(C1CCCCC1)N1CC(COc2cncc(Cl)n2)C1. The van der Waals surface area contributed by atoms with E-state index in [0.717, 1.165) is 32.1 Å². The first-order valence-corrected chi connectivity index (χ1v) is 9.53. The van der Waals surface area contributed by atoms with Gasteiger partial charge >= 0.3 is 0 Å². The maximum Gasteiger partial charge on any atom is 0.233 e. The first-order valence-electron chi connectivity index (χ1n) is 7.65. The van der Waals surface area contributed by atoms with Crippen molar-refractivity contribution in [1.29, 1.82) is 0 Å². The Labute approximate surface area is 135 Å². The van der Waals surface area contributed by atoms with E-state index in [-0.39, 0.29) is 16.3 Å². The average Bonchev–Trinajstić information content (AvgIpc) is 2.46. The second kappa shape index (κ2) is 6.68. The monoisotopic (exact) mass is 345 g/mol. The largest absolute Gasteiger partial charge is 0.476 e. The molecule has 2 aliphatic rings. The number of halogens is 1. The zero-order chi connectivity index (χ0) is 15.6. The van der Waals surface area contributed by atoms with Crippen LogP contribution in [-0.4, -0.2) is 47.6 Å². The maximum atomic E-state index is 12.5. The second-order valence-electron chi connectivity index (χ2n) is 5.98. The summed E-state index contributed by atoms with van der Waals surface area (Å²) in [4.78, 5) is 7.89. The molecule has 2 fully saturated rings. The van der Waals surface area contributed by atoms with E-state index in [1.54, 1.807) is 4.31 Å². The Balaban J connectivity index is 1.47. The van der Waals surface area contributed by atoms with Gasteiger partial charge in [0.2, 0.25) is 15.9 Å². The lowest BCUT2D eigenvalue weighted by atomic mass is 10.0. The molecule has 1 aliphatic carbocycles. The Morgan fingerprint density at radius 2 is 1.95 bits per heavy atom. The number of sulfonamides is 1. The highest BCUT2D eigenvalue weighted by molar-refractivity contribution is 7.89. The third-order valence-electron chi connectivity index (χ3n) is 4.31. The second-order valence-corrected chi connectivity index (χ2v) is 8.58. The van der Waals surface area contributed by atoms with Gasteiger partial charge in [-0.25, -0.2) is 12.7 Å². The average molecular weight is 346 g/mol. The van der Waals surface area contributed by atoms with Crippen molar-refractivity contribution in [2.75, 3.05) is 19.7 Å². The molecular weight excluding hydrogens is 326 g/mol. The Kier molecular flexibility index (Phi) is 4.84. The molecule has 0 radical (unpaired) electrons. The summed E-state index contributed by atoms with van der Waals surface area (Å²) in [6.45, 7) is 1.51. The van der Waals surface area contributed by atoms with E-state index < -0.39 is 10.0 Å². The Morgan fingerprint density at radius 1 is 1.23 bits per heavy atom. The molecule has 0 N–H and O–H groups in total. The number of hydrogen-bond donors (Lipinski definition) is 0. The van der Waals surface area contributed by atoms with Gasteiger partial charge in [-0.2, -0.15) is 4.98 Å². The molecule has 0 spiro atoms. The molecule has 1 saturated carbocycles. The fourth-order valence-corrected chi connectivity index (χ4v) is 5.34. The number of hydrogen-bond acceptors (Lipinski definition) is 5. The molecule has 0 unspecified atom stereocenters. The molecule has 122 valence electrons. The summed E-state index contributed by atoms with van der Waals surface area (Å²) in [5.74, 6) is 0.584. The van der Waals surface area contributed by atoms with Gasteiger partial charge < -0.3 is 4.74 Å². The molecule has 0 bridgehead atoms. The van der Waals surface area contributed by atoms with E-state index in [2.05, 4.69) is 9.97 Å². The lowest BCUT2D eigenvalue weighted by molar-refractivity contribution is 0.125. The van der Waals surface area contributed by atoms with E-state index in [9.17, 15) is 8.42 Å². The van der Waals surface area contributed by atoms with Gasteiger partial charge in [0, 0.05) is 19.0 Å². The molecule has 3 rings (SSSR count). The molecule has 6 nitrogen and oxygen atoms in total. The first kappa shape index (κ1) is 16.0. The Morgan fingerprint density at radius 3 is 2.64 bits per heavy atom. The Hall–Kier alpha value is -0.920. The van der Waals surface area contributed by atoms with Crippen LogP contribution in [0.15, 0.2) is 12.4 Å². The summed E-state index contributed by atoms with van der Waals surface area (Å²) in [6, 6.07) is 0. The summed E-state index contributed by atoms with van der Waals surface area (Å²) in [6.07, 6.45) is 7.76.